The highest BCUT2D eigenvalue weighted by Gasteiger charge is 2.09. The molecule has 0 heterocycles. The summed E-state index contributed by atoms with van der Waals surface area (Å²) in [6, 6.07) is 14.6. The molecule has 0 aliphatic heterocycles. The molecule has 122 valence electrons. The van der Waals surface area contributed by atoms with Crippen molar-refractivity contribution in [2.75, 3.05) is 5.32 Å². The SMILES string of the molecule is CCCc1ccc(C(C)NC(=S)Nc2cccc(Cl)c2C)cc1. The minimum atomic E-state index is 0.144. The van der Waals surface area contributed by atoms with E-state index >= 15 is 0 Å². The summed E-state index contributed by atoms with van der Waals surface area (Å²) in [5.74, 6) is 0. The number of nitrogens with one attached hydrogen (secondary N) is 2. The average Bonchev–Trinajstić information content (AvgIpc) is 2.53. The second-order valence-corrected chi connectivity index (χ2v) is 6.54. The van der Waals surface area contributed by atoms with Gasteiger partial charge in [0, 0.05) is 10.7 Å². The molecule has 1 atom stereocenters. The molecule has 2 rings (SSSR count). The quantitative estimate of drug-likeness (QED) is 0.684. The average molecular weight is 347 g/mol. The summed E-state index contributed by atoms with van der Waals surface area (Å²) in [5.41, 5.74) is 4.52. The smallest absolute Gasteiger partial charge is 0.171 e. The van der Waals surface area contributed by atoms with Gasteiger partial charge in [-0.15, -0.1) is 0 Å². The Balaban J connectivity index is 1.97. The van der Waals surface area contributed by atoms with Gasteiger partial charge in [0.1, 0.15) is 0 Å². The third-order valence-electron chi connectivity index (χ3n) is 3.88. The molecule has 0 aliphatic carbocycles. The Morgan fingerprint density at radius 3 is 2.52 bits per heavy atom. The van der Waals surface area contributed by atoms with Gasteiger partial charge in [0.2, 0.25) is 0 Å². The van der Waals surface area contributed by atoms with Crippen LogP contribution in [-0.4, -0.2) is 5.11 Å². The zero-order valence-corrected chi connectivity index (χ0v) is 15.4. The third kappa shape index (κ3) is 4.95. The summed E-state index contributed by atoms with van der Waals surface area (Å²) in [4.78, 5) is 0. The molecule has 0 aliphatic rings. The van der Waals surface area contributed by atoms with Crippen molar-refractivity contribution in [2.24, 2.45) is 0 Å². The highest BCUT2D eigenvalue weighted by molar-refractivity contribution is 7.80. The summed E-state index contributed by atoms with van der Waals surface area (Å²) in [6.45, 7) is 6.27. The van der Waals surface area contributed by atoms with Crippen molar-refractivity contribution >= 4 is 34.6 Å². The largest absolute Gasteiger partial charge is 0.356 e. The van der Waals surface area contributed by atoms with Crippen LogP contribution < -0.4 is 10.6 Å². The van der Waals surface area contributed by atoms with Crippen LogP contribution in [0.3, 0.4) is 0 Å². The van der Waals surface area contributed by atoms with Crippen molar-refractivity contribution in [1.29, 1.82) is 0 Å². The number of rotatable bonds is 5. The fraction of sp³-hybridized carbons (Fsp3) is 0.316. The Bertz CT molecular complexity index is 668. The highest BCUT2D eigenvalue weighted by Crippen LogP contribution is 2.23. The first-order chi connectivity index (χ1) is 11.0. The molecule has 0 amide bonds. The van der Waals surface area contributed by atoms with Gasteiger partial charge in [-0.05, 0) is 61.3 Å². The summed E-state index contributed by atoms with van der Waals surface area (Å²) in [5, 5.41) is 7.87. The van der Waals surface area contributed by atoms with Gasteiger partial charge in [-0.3, -0.25) is 0 Å². The van der Waals surface area contributed by atoms with E-state index in [1.54, 1.807) is 0 Å². The molecule has 0 saturated carbocycles. The lowest BCUT2D eigenvalue weighted by atomic mass is 10.0. The molecule has 0 aromatic heterocycles. The Hall–Kier alpha value is -1.58. The van der Waals surface area contributed by atoms with Crippen molar-refractivity contribution in [1.82, 2.24) is 5.32 Å². The lowest BCUT2D eigenvalue weighted by Crippen LogP contribution is -2.31. The van der Waals surface area contributed by atoms with E-state index in [1.165, 1.54) is 17.5 Å². The van der Waals surface area contributed by atoms with Gasteiger partial charge in [0.15, 0.2) is 5.11 Å². The Labute approximate surface area is 149 Å². The van der Waals surface area contributed by atoms with Crippen molar-refractivity contribution < 1.29 is 0 Å². The van der Waals surface area contributed by atoms with Crippen LogP contribution in [0.2, 0.25) is 5.02 Å². The van der Waals surface area contributed by atoms with Gasteiger partial charge < -0.3 is 10.6 Å². The molecule has 0 radical (unpaired) electrons. The highest BCUT2D eigenvalue weighted by atomic mass is 35.5. The molecule has 0 bridgehead atoms. The molecular weight excluding hydrogens is 324 g/mol. The van der Waals surface area contributed by atoms with E-state index in [2.05, 4.69) is 48.7 Å². The molecule has 0 saturated heterocycles. The number of hydrogen-bond acceptors (Lipinski definition) is 1. The third-order valence-corrected chi connectivity index (χ3v) is 4.51. The fourth-order valence-electron chi connectivity index (χ4n) is 2.44. The van der Waals surface area contributed by atoms with Crippen LogP contribution in [0.1, 0.15) is 43.0 Å². The second-order valence-electron chi connectivity index (χ2n) is 5.72. The van der Waals surface area contributed by atoms with Crippen molar-refractivity contribution in [2.45, 2.75) is 39.7 Å². The van der Waals surface area contributed by atoms with E-state index in [4.69, 9.17) is 23.8 Å². The zero-order valence-electron chi connectivity index (χ0n) is 13.8. The van der Waals surface area contributed by atoms with E-state index in [-0.39, 0.29) is 6.04 Å². The predicted octanol–water partition coefficient (Wildman–Crippen LogP) is 5.65. The van der Waals surface area contributed by atoms with E-state index in [1.807, 2.05) is 25.1 Å². The van der Waals surface area contributed by atoms with E-state index in [0.717, 1.165) is 22.7 Å². The Morgan fingerprint density at radius 1 is 1.17 bits per heavy atom. The maximum atomic E-state index is 6.14. The molecule has 0 fully saturated rings. The molecule has 23 heavy (non-hydrogen) atoms. The van der Waals surface area contributed by atoms with Crippen molar-refractivity contribution in [3.63, 3.8) is 0 Å². The molecule has 2 nitrogen and oxygen atoms in total. The minimum Gasteiger partial charge on any atom is -0.356 e. The standard InChI is InChI=1S/C19H23ClN2S/c1-4-6-15-9-11-16(12-10-15)14(3)21-19(23)22-18-8-5-7-17(20)13(18)2/h5,7-12,14H,4,6H2,1-3H3,(H2,21,22,23). The van der Waals surface area contributed by atoms with Crippen LogP contribution in [0, 0.1) is 6.92 Å². The second kappa shape index (κ2) is 8.32. The lowest BCUT2D eigenvalue weighted by molar-refractivity contribution is 0.721. The molecule has 1 unspecified atom stereocenters. The number of hydrogen-bond donors (Lipinski definition) is 2. The monoisotopic (exact) mass is 346 g/mol. The maximum Gasteiger partial charge on any atom is 0.171 e. The van der Waals surface area contributed by atoms with Crippen LogP contribution in [0.15, 0.2) is 42.5 Å². The minimum absolute atomic E-state index is 0.144. The summed E-state index contributed by atoms with van der Waals surface area (Å²) >= 11 is 11.6. The van der Waals surface area contributed by atoms with Gasteiger partial charge in [0.25, 0.3) is 0 Å². The molecule has 2 aromatic rings. The van der Waals surface area contributed by atoms with E-state index < -0.39 is 0 Å². The Morgan fingerprint density at radius 2 is 1.87 bits per heavy atom. The molecule has 4 heteroatoms. The number of halogens is 1. The van der Waals surface area contributed by atoms with Crippen molar-refractivity contribution in [3.8, 4) is 0 Å². The lowest BCUT2D eigenvalue weighted by Gasteiger charge is -2.19. The fourth-order valence-corrected chi connectivity index (χ4v) is 2.90. The Kier molecular flexibility index (Phi) is 6.43. The number of benzene rings is 2. The van der Waals surface area contributed by atoms with E-state index in [9.17, 15) is 0 Å². The van der Waals surface area contributed by atoms with Crippen LogP contribution in [0.25, 0.3) is 0 Å². The van der Waals surface area contributed by atoms with Crippen LogP contribution in [0.4, 0.5) is 5.69 Å². The van der Waals surface area contributed by atoms with Crippen molar-refractivity contribution in [3.05, 3.63) is 64.2 Å². The van der Waals surface area contributed by atoms with Gasteiger partial charge >= 0.3 is 0 Å². The molecule has 2 aromatic carbocycles. The number of anilines is 1. The zero-order chi connectivity index (χ0) is 16.8. The van der Waals surface area contributed by atoms with Crippen LogP contribution >= 0.6 is 23.8 Å². The molecule has 0 spiro atoms. The van der Waals surface area contributed by atoms with Gasteiger partial charge in [-0.1, -0.05) is 55.3 Å². The van der Waals surface area contributed by atoms with Gasteiger partial charge in [-0.25, -0.2) is 0 Å². The summed E-state index contributed by atoms with van der Waals surface area (Å²) < 4.78 is 0. The topological polar surface area (TPSA) is 24.1 Å². The summed E-state index contributed by atoms with van der Waals surface area (Å²) in [7, 11) is 0. The first kappa shape index (κ1) is 17.8. The normalized spacial score (nSPS) is 11.8. The van der Waals surface area contributed by atoms with E-state index in [0.29, 0.717) is 5.11 Å². The molecular formula is C19H23ClN2S. The summed E-state index contributed by atoms with van der Waals surface area (Å²) in [6.07, 6.45) is 2.29. The van der Waals surface area contributed by atoms with Crippen LogP contribution in [-0.2, 0) is 6.42 Å². The predicted molar refractivity (Wildman–Crippen MR) is 104 cm³/mol. The van der Waals surface area contributed by atoms with Gasteiger partial charge in [0.05, 0.1) is 6.04 Å². The van der Waals surface area contributed by atoms with Crippen LogP contribution in [0.5, 0.6) is 0 Å². The van der Waals surface area contributed by atoms with Gasteiger partial charge in [-0.2, -0.15) is 0 Å². The first-order valence-corrected chi connectivity index (χ1v) is 8.71. The maximum absolute atomic E-state index is 6.14. The first-order valence-electron chi connectivity index (χ1n) is 7.92. The number of aryl methyl sites for hydroxylation is 1. The molecule has 2 N–H and O–H groups in total. The number of thiocarbonyl (C=S) groups is 1.